The van der Waals surface area contributed by atoms with Gasteiger partial charge in [0.1, 0.15) is 0 Å². The zero-order valence-electron chi connectivity index (χ0n) is 14.5. The predicted molar refractivity (Wildman–Crippen MR) is 99.8 cm³/mol. The van der Waals surface area contributed by atoms with E-state index in [1.165, 1.54) is 19.3 Å². The number of piperidine rings is 1. The molecule has 2 N–H and O–H groups in total. The third kappa shape index (κ3) is 4.88. The highest BCUT2D eigenvalue weighted by Crippen LogP contribution is 2.24. The molecule has 25 heavy (non-hydrogen) atoms. The van der Waals surface area contributed by atoms with Gasteiger partial charge in [-0.25, -0.2) is 4.79 Å². The first-order valence-corrected chi connectivity index (χ1v) is 9.62. The van der Waals surface area contributed by atoms with E-state index < -0.39 is 0 Å². The Morgan fingerprint density at radius 3 is 2.36 bits per heavy atom. The fourth-order valence-corrected chi connectivity index (χ4v) is 3.84. The molecule has 1 aliphatic carbocycles. The zero-order valence-corrected chi connectivity index (χ0v) is 15.2. The van der Waals surface area contributed by atoms with Crippen molar-refractivity contribution in [2.24, 2.45) is 5.92 Å². The molecule has 1 saturated carbocycles. The van der Waals surface area contributed by atoms with Crippen LogP contribution in [-0.2, 0) is 4.79 Å². The number of rotatable bonds is 3. The van der Waals surface area contributed by atoms with Crippen LogP contribution < -0.4 is 10.6 Å². The van der Waals surface area contributed by atoms with Gasteiger partial charge in [0.05, 0.1) is 10.7 Å². The topological polar surface area (TPSA) is 61.4 Å². The number of hydrogen-bond acceptors (Lipinski definition) is 2. The van der Waals surface area contributed by atoms with Crippen molar-refractivity contribution in [2.45, 2.75) is 51.0 Å². The van der Waals surface area contributed by atoms with Crippen LogP contribution in [0.2, 0.25) is 5.02 Å². The molecule has 1 saturated heterocycles. The summed E-state index contributed by atoms with van der Waals surface area (Å²) in [7, 11) is 0. The monoisotopic (exact) mass is 363 g/mol. The van der Waals surface area contributed by atoms with Crippen molar-refractivity contribution in [1.82, 2.24) is 10.2 Å². The quantitative estimate of drug-likeness (QED) is 0.851. The lowest BCUT2D eigenvalue weighted by Gasteiger charge is -2.33. The van der Waals surface area contributed by atoms with Crippen molar-refractivity contribution in [3.8, 4) is 0 Å². The number of nitrogens with one attached hydrogen (secondary N) is 2. The number of benzene rings is 1. The molecule has 0 aromatic heterocycles. The Kier molecular flexibility index (Phi) is 6.19. The lowest BCUT2D eigenvalue weighted by Crippen LogP contribution is -2.49. The fraction of sp³-hybridized carbons (Fsp3) is 0.579. The van der Waals surface area contributed by atoms with Crippen molar-refractivity contribution in [3.63, 3.8) is 0 Å². The minimum Gasteiger partial charge on any atom is -0.335 e. The largest absolute Gasteiger partial charge is 0.335 e. The maximum atomic E-state index is 12.4. The van der Waals surface area contributed by atoms with Crippen molar-refractivity contribution in [3.05, 3.63) is 29.3 Å². The predicted octanol–water partition coefficient (Wildman–Crippen LogP) is 4.03. The van der Waals surface area contributed by atoms with Crippen molar-refractivity contribution in [2.75, 3.05) is 18.4 Å². The van der Waals surface area contributed by atoms with Gasteiger partial charge in [-0.15, -0.1) is 0 Å². The summed E-state index contributed by atoms with van der Waals surface area (Å²) < 4.78 is 0. The van der Waals surface area contributed by atoms with Gasteiger partial charge in [0.15, 0.2) is 0 Å². The molecule has 1 aliphatic heterocycles. The molecule has 5 nitrogen and oxygen atoms in total. The minimum absolute atomic E-state index is 0.0135. The van der Waals surface area contributed by atoms with E-state index in [-0.39, 0.29) is 17.9 Å². The van der Waals surface area contributed by atoms with E-state index in [9.17, 15) is 9.59 Å². The average Bonchev–Trinajstić information content (AvgIpc) is 2.64. The van der Waals surface area contributed by atoms with Gasteiger partial charge >= 0.3 is 6.03 Å². The van der Waals surface area contributed by atoms with Crippen molar-refractivity contribution in [1.29, 1.82) is 0 Å². The van der Waals surface area contributed by atoms with Gasteiger partial charge < -0.3 is 15.5 Å². The summed E-state index contributed by atoms with van der Waals surface area (Å²) in [6.07, 6.45) is 7.23. The summed E-state index contributed by atoms with van der Waals surface area (Å²) in [4.78, 5) is 26.6. The number of nitrogens with zero attached hydrogens (tertiary/aromatic N) is 1. The molecule has 0 bridgehead atoms. The molecular formula is C19H26ClN3O2. The molecule has 1 aromatic rings. The van der Waals surface area contributed by atoms with Crippen LogP contribution in [0.25, 0.3) is 0 Å². The van der Waals surface area contributed by atoms with Crippen molar-refractivity contribution >= 4 is 29.2 Å². The second kappa shape index (κ2) is 8.56. The Balaban J connectivity index is 1.45. The molecule has 3 amide bonds. The van der Waals surface area contributed by atoms with Gasteiger partial charge in [-0.1, -0.05) is 43.0 Å². The molecule has 1 aromatic carbocycles. The van der Waals surface area contributed by atoms with Gasteiger partial charge in [0.25, 0.3) is 0 Å². The lowest BCUT2D eigenvalue weighted by molar-refractivity contribution is -0.121. The molecule has 0 unspecified atom stereocenters. The number of carbonyl (C=O) groups excluding carboxylic acids is 2. The molecule has 3 rings (SSSR count). The first-order valence-electron chi connectivity index (χ1n) is 9.24. The average molecular weight is 364 g/mol. The third-order valence-electron chi connectivity index (χ3n) is 5.22. The Morgan fingerprint density at radius 1 is 1.00 bits per heavy atom. The number of carbonyl (C=O) groups is 2. The molecule has 2 aliphatic rings. The molecule has 1 heterocycles. The summed E-state index contributed by atoms with van der Waals surface area (Å²) in [5.41, 5.74) is 0.645. The van der Waals surface area contributed by atoms with E-state index >= 15 is 0 Å². The smallest absolute Gasteiger partial charge is 0.317 e. The molecular weight excluding hydrogens is 338 g/mol. The van der Waals surface area contributed by atoms with E-state index in [0.717, 1.165) is 12.8 Å². The second-order valence-corrected chi connectivity index (χ2v) is 7.42. The minimum atomic E-state index is -0.0741. The number of halogens is 1. The lowest BCUT2D eigenvalue weighted by atomic mass is 9.95. The molecule has 2 fully saturated rings. The summed E-state index contributed by atoms with van der Waals surface area (Å²) in [6.45, 7) is 1.25. The number of urea groups is 1. The summed E-state index contributed by atoms with van der Waals surface area (Å²) >= 11 is 6.09. The highest BCUT2D eigenvalue weighted by atomic mass is 35.5. The van der Waals surface area contributed by atoms with E-state index in [2.05, 4.69) is 10.6 Å². The third-order valence-corrected chi connectivity index (χ3v) is 5.55. The van der Waals surface area contributed by atoms with Crippen LogP contribution >= 0.6 is 11.6 Å². The van der Waals surface area contributed by atoms with Crippen molar-refractivity contribution < 1.29 is 9.59 Å². The van der Waals surface area contributed by atoms with Gasteiger partial charge in [0.2, 0.25) is 5.91 Å². The zero-order chi connectivity index (χ0) is 17.6. The van der Waals surface area contributed by atoms with Gasteiger partial charge in [-0.2, -0.15) is 0 Å². The van der Waals surface area contributed by atoms with E-state index in [4.69, 9.17) is 11.6 Å². The van der Waals surface area contributed by atoms with E-state index in [0.29, 0.717) is 42.7 Å². The Hall–Kier alpha value is -1.75. The highest BCUT2D eigenvalue weighted by molar-refractivity contribution is 6.33. The van der Waals surface area contributed by atoms with Crippen LogP contribution in [-0.4, -0.2) is 36.0 Å². The number of likely N-dealkylation sites (tertiary alicyclic amines) is 1. The number of amides is 3. The van der Waals surface area contributed by atoms with Crippen LogP contribution in [0.15, 0.2) is 24.3 Å². The molecule has 6 heteroatoms. The van der Waals surface area contributed by atoms with Crippen LogP contribution in [0.4, 0.5) is 10.5 Å². The van der Waals surface area contributed by atoms with E-state index in [1.54, 1.807) is 12.1 Å². The van der Waals surface area contributed by atoms with Gasteiger partial charge in [0, 0.05) is 25.0 Å². The second-order valence-electron chi connectivity index (χ2n) is 7.01. The summed E-state index contributed by atoms with van der Waals surface area (Å²) in [5, 5.41) is 6.59. The van der Waals surface area contributed by atoms with Crippen LogP contribution in [0.3, 0.4) is 0 Å². The maximum absolute atomic E-state index is 12.4. The molecule has 136 valence electrons. The van der Waals surface area contributed by atoms with Crippen LogP contribution in [0, 0.1) is 5.92 Å². The summed E-state index contributed by atoms with van der Waals surface area (Å²) in [6, 6.07) is 7.59. The standard InChI is InChI=1S/C19H26ClN3O2/c20-16-8-4-5-9-17(16)22-18(24)14-10-12-23(13-11-14)19(25)21-15-6-2-1-3-7-15/h4-5,8-9,14-15H,1-3,6-7,10-13H2,(H,21,25)(H,22,24). The Morgan fingerprint density at radius 2 is 1.68 bits per heavy atom. The number of para-hydroxylation sites is 1. The van der Waals surface area contributed by atoms with E-state index in [1.807, 2.05) is 17.0 Å². The number of hydrogen-bond donors (Lipinski definition) is 2. The molecule has 0 atom stereocenters. The Bertz CT molecular complexity index is 608. The number of anilines is 1. The van der Waals surface area contributed by atoms with Gasteiger partial charge in [-0.05, 0) is 37.8 Å². The normalized spacial score (nSPS) is 19.5. The summed E-state index contributed by atoms with van der Waals surface area (Å²) in [5.74, 6) is -0.0876. The Labute approximate surface area is 154 Å². The van der Waals surface area contributed by atoms with Crippen LogP contribution in [0.5, 0.6) is 0 Å². The first-order chi connectivity index (χ1) is 12.1. The SMILES string of the molecule is O=C(Nc1ccccc1Cl)C1CCN(C(=O)NC2CCCCC2)CC1. The maximum Gasteiger partial charge on any atom is 0.317 e. The van der Waals surface area contributed by atoms with Crippen LogP contribution in [0.1, 0.15) is 44.9 Å². The fourth-order valence-electron chi connectivity index (χ4n) is 3.65. The molecule has 0 spiro atoms. The first kappa shape index (κ1) is 18.1. The molecule has 0 radical (unpaired) electrons. The van der Waals surface area contributed by atoms with Gasteiger partial charge in [-0.3, -0.25) is 4.79 Å². The highest BCUT2D eigenvalue weighted by Gasteiger charge is 2.28.